The molecule has 0 bridgehead atoms. The molecular weight excluding hydrogens is 404 g/mol. The highest BCUT2D eigenvalue weighted by molar-refractivity contribution is 5.88. The lowest BCUT2D eigenvalue weighted by Crippen LogP contribution is -2.21. The van der Waals surface area contributed by atoms with Crippen LogP contribution < -0.4 is 4.74 Å². The lowest BCUT2D eigenvalue weighted by atomic mass is 9.91. The van der Waals surface area contributed by atoms with E-state index in [1.54, 1.807) is 6.92 Å². The van der Waals surface area contributed by atoms with Crippen LogP contribution in [0.15, 0.2) is 97.1 Å². The molecule has 160 valence electrons. The molecule has 0 amide bonds. The summed E-state index contributed by atoms with van der Waals surface area (Å²) in [6.07, 6.45) is 0. The van der Waals surface area contributed by atoms with Gasteiger partial charge in [-0.2, -0.15) is 9.78 Å². The van der Waals surface area contributed by atoms with Gasteiger partial charge in [0.25, 0.3) is 0 Å². The van der Waals surface area contributed by atoms with Gasteiger partial charge in [-0.25, -0.2) is 4.79 Å². The normalized spacial score (nSPS) is 10.7. The Morgan fingerprint density at radius 1 is 0.844 bits per heavy atom. The molecule has 0 N–H and O–H groups in total. The molecule has 4 rings (SSSR count). The molecule has 6 nitrogen and oxygen atoms in total. The molecule has 3 aromatic carbocycles. The van der Waals surface area contributed by atoms with E-state index >= 15 is 0 Å². The van der Waals surface area contributed by atoms with Gasteiger partial charge in [-0.15, -0.1) is 0 Å². The molecule has 4 aromatic rings. The van der Waals surface area contributed by atoms with Gasteiger partial charge in [0.1, 0.15) is 5.92 Å². The second-order valence-electron chi connectivity index (χ2n) is 7.01. The first-order chi connectivity index (χ1) is 15.7. The van der Waals surface area contributed by atoms with Gasteiger partial charge >= 0.3 is 11.9 Å². The van der Waals surface area contributed by atoms with Crippen molar-refractivity contribution >= 4 is 11.9 Å². The van der Waals surface area contributed by atoms with Gasteiger partial charge in [0.15, 0.2) is 5.69 Å². The van der Waals surface area contributed by atoms with Gasteiger partial charge in [-0.3, -0.25) is 4.79 Å². The molecule has 0 aliphatic rings. The van der Waals surface area contributed by atoms with Gasteiger partial charge in [0, 0.05) is 6.07 Å². The van der Waals surface area contributed by atoms with Crippen LogP contribution in [-0.2, 0) is 9.53 Å². The fraction of sp³-hybridized carbons (Fsp3) is 0.115. The number of hydrogen-bond donors (Lipinski definition) is 0. The van der Waals surface area contributed by atoms with E-state index in [1.165, 1.54) is 10.7 Å². The number of para-hydroxylation sites is 1. The Hall–Kier alpha value is -4.19. The molecule has 0 spiro atoms. The number of esters is 2. The van der Waals surface area contributed by atoms with E-state index in [-0.39, 0.29) is 18.2 Å². The maximum Gasteiger partial charge on any atom is 0.358 e. The molecule has 0 unspecified atom stereocenters. The van der Waals surface area contributed by atoms with Crippen molar-refractivity contribution in [1.29, 1.82) is 0 Å². The maximum absolute atomic E-state index is 13.4. The molecule has 6 heteroatoms. The standard InChI is InChI=1S/C26H22N2O4/c1-2-31-25(29)22-18-23(28(27-22)21-16-10-5-11-17-21)32-26(30)24(19-12-6-3-7-13-19)20-14-8-4-9-15-20/h3-18,24H,2H2,1H3. The number of benzene rings is 3. The second kappa shape index (κ2) is 9.75. The average Bonchev–Trinajstić information content (AvgIpc) is 3.25. The monoisotopic (exact) mass is 426 g/mol. The lowest BCUT2D eigenvalue weighted by molar-refractivity contribution is -0.135. The first kappa shape index (κ1) is 21.1. The van der Waals surface area contributed by atoms with Crippen molar-refractivity contribution in [2.45, 2.75) is 12.8 Å². The number of carbonyl (C=O) groups is 2. The topological polar surface area (TPSA) is 70.4 Å². The number of hydrogen-bond acceptors (Lipinski definition) is 5. The molecule has 0 aliphatic heterocycles. The van der Waals surface area contributed by atoms with E-state index < -0.39 is 17.9 Å². The molecule has 1 aromatic heterocycles. The van der Waals surface area contributed by atoms with E-state index in [0.29, 0.717) is 5.69 Å². The van der Waals surface area contributed by atoms with Crippen molar-refractivity contribution in [2.75, 3.05) is 6.61 Å². The maximum atomic E-state index is 13.4. The minimum atomic E-state index is -0.637. The molecule has 1 heterocycles. The number of ether oxygens (including phenoxy) is 2. The van der Waals surface area contributed by atoms with Gasteiger partial charge in [-0.05, 0) is 30.2 Å². The molecule has 0 aliphatic carbocycles. The molecule has 0 saturated heterocycles. The third-order valence-corrected chi connectivity index (χ3v) is 4.87. The largest absolute Gasteiger partial charge is 0.461 e. The van der Waals surface area contributed by atoms with Gasteiger partial charge in [-0.1, -0.05) is 78.9 Å². The first-order valence-electron chi connectivity index (χ1n) is 10.3. The highest BCUT2D eigenvalue weighted by atomic mass is 16.5. The number of nitrogens with zero attached hydrogens (tertiary/aromatic N) is 2. The summed E-state index contributed by atoms with van der Waals surface area (Å²) in [4.78, 5) is 25.7. The predicted octanol–water partition coefficient (Wildman–Crippen LogP) is 4.79. The van der Waals surface area contributed by atoms with E-state index in [0.717, 1.165) is 11.1 Å². The zero-order chi connectivity index (χ0) is 22.3. The summed E-state index contributed by atoms with van der Waals surface area (Å²) in [7, 11) is 0. The Morgan fingerprint density at radius 3 is 1.91 bits per heavy atom. The van der Waals surface area contributed by atoms with Crippen LogP contribution >= 0.6 is 0 Å². The summed E-state index contributed by atoms with van der Waals surface area (Å²) in [5.74, 6) is -1.55. The van der Waals surface area contributed by atoms with Crippen LogP contribution in [0.1, 0.15) is 34.5 Å². The Bertz CT molecular complexity index is 1150. The Labute approximate surface area is 186 Å². The zero-order valence-corrected chi connectivity index (χ0v) is 17.5. The minimum Gasteiger partial charge on any atom is -0.461 e. The smallest absolute Gasteiger partial charge is 0.358 e. The summed E-state index contributed by atoms with van der Waals surface area (Å²) in [5.41, 5.74) is 2.33. The van der Waals surface area contributed by atoms with E-state index in [1.807, 2.05) is 91.0 Å². The highest BCUT2D eigenvalue weighted by Gasteiger charge is 2.27. The van der Waals surface area contributed by atoms with Gasteiger partial charge in [0.2, 0.25) is 5.88 Å². The van der Waals surface area contributed by atoms with Crippen molar-refractivity contribution in [2.24, 2.45) is 0 Å². The lowest BCUT2D eigenvalue weighted by Gasteiger charge is -2.17. The third-order valence-electron chi connectivity index (χ3n) is 4.87. The number of aromatic nitrogens is 2. The van der Waals surface area contributed by atoms with Crippen molar-refractivity contribution in [1.82, 2.24) is 9.78 Å². The van der Waals surface area contributed by atoms with Crippen LogP contribution in [0.5, 0.6) is 5.88 Å². The van der Waals surface area contributed by atoms with Crippen LogP contribution in [0.3, 0.4) is 0 Å². The van der Waals surface area contributed by atoms with E-state index in [2.05, 4.69) is 5.10 Å². The fourth-order valence-corrected chi connectivity index (χ4v) is 3.41. The quantitative estimate of drug-likeness (QED) is 0.398. The number of rotatable bonds is 7. The van der Waals surface area contributed by atoms with Crippen LogP contribution in [-0.4, -0.2) is 28.3 Å². The van der Waals surface area contributed by atoms with Crippen LogP contribution in [0.2, 0.25) is 0 Å². The second-order valence-corrected chi connectivity index (χ2v) is 7.01. The zero-order valence-electron chi connectivity index (χ0n) is 17.5. The SMILES string of the molecule is CCOC(=O)c1cc(OC(=O)C(c2ccccc2)c2ccccc2)n(-c2ccccc2)n1. The summed E-state index contributed by atoms with van der Waals surface area (Å²) in [6, 6.07) is 29.4. The molecule has 0 atom stereocenters. The predicted molar refractivity (Wildman–Crippen MR) is 120 cm³/mol. The first-order valence-corrected chi connectivity index (χ1v) is 10.3. The summed E-state index contributed by atoms with van der Waals surface area (Å²) in [5, 5.41) is 4.32. The third kappa shape index (κ3) is 4.59. The minimum absolute atomic E-state index is 0.0643. The van der Waals surface area contributed by atoms with E-state index in [9.17, 15) is 9.59 Å². The van der Waals surface area contributed by atoms with Crippen LogP contribution in [0.25, 0.3) is 5.69 Å². The van der Waals surface area contributed by atoms with Crippen molar-refractivity contribution in [3.05, 3.63) is 114 Å². The Balaban J connectivity index is 1.73. The Kier molecular flexibility index (Phi) is 6.41. The van der Waals surface area contributed by atoms with Gasteiger partial charge in [0.05, 0.1) is 12.3 Å². The van der Waals surface area contributed by atoms with Crippen LogP contribution in [0, 0.1) is 0 Å². The van der Waals surface area contributed by atoms with Crippen molar-refractivity contribution < 1.29 is 19.1 Å². The van der Waals surface area contributed by atoms with Crippen molar-refractivity contribution in [3.8, 4) is 11.6 Å². The molecule has 0 fully saturated rings. The van der Waals surface area contributed by atoms with E-state index in [4.69, 9.17) is 9.47 Å². The Morgan fingerprint density at radius 2 is 1.38 bits per heavy atom. The molecule has 0 radical (unpaired) electrons. The summed E-state index contributed by atoms with van der Waals surface area (Å²) < 4.78 is 12.3. The number of carbonyl (C=O) groups excluding carboxylic acids is 2. The summed E-state index contributed by atoms with van der Waals surface area (Å²) in [6.45, 7) is 1.94. The molecule has 0 saturated carbocycles. The average molecular weight is 426 g/mol. The fourth-order valence-electron chi connectivity index (χ4n) is 3.41. The van der Waals surface area contributed by atoms with Crippen LogP contribution in [0.4, 0.5) is 0 Å². The van der Waals surface area contributed by atoms with Crippen molar-refractivity contribution in [3.63, 3.8) is 0 Å². The highest BCUT2D eigenvalue weighted by Crippen LogP contribution is 2.28. The van der Waals surface area contributed by atoms with Gasteiger partial charge < -0.3 is 9.47 Å². The summed E-state index contributed by atoms with van der Waals surface area (Å²) >= 11 is 0. The molecular formula is C26H22N2O4. The molecule has 32 heavy (non-hydrogen) atoms.